The number of rotatable bonds is 6. The molecule has 0 unspecified atom stereocenters. The van der Waals surface area contributed by atoms with Crippen LogP contribution < -0.4 is 9.47 Å². The zero-order valence-electron chi connectivity index (χ0n) is 9.86. The predicted octanol–water partition coefficient (Wildman–Crippen LogP) is 2.31. The van der Waals surface area contributed by atoms with Crippen molar-refractivity contribution >= 4 is 5.97 Å². The fourth-order valence-electron chi connectivity index (χ4n) is 1.25. The minimum absolute atomic E-state index is 0.0931. The molecule has 0 fully saturated rings. The first-order valence-electron chi connectivity index (χ1n) is 5.02. The van der Waals surface area contributed by atoms with Gasteiger partial charge in [0.25, 0.3) is 0 Å². The van der Waals surface area contributed by atoms with E-state index < -0.39 is 25.5 Å². The Kier molecular flexibility index (Phi) is 4.99. The monoisotopic (exact) mass is 280 g/mol. The third-order valence-electron chi connectivity index (χ3n) is 1.98. The number of aromatic carboxylic acids is 1. The lowest BCUT2D eigenvalue weighted by atomic mass is 10.2. The topological polar surface area (TPSA) is 65.0 Å². The highest BCUT2D eigenvalue weighted by molar-refractivity contribution is 5.92. The van der Waals surface area contributed by atoms with E-state index in [0.29, 0.717) is 0 Å². The number of ether oxygens (including phenoxy) is 3. The fourth-order valence-corrected chi connectivity index (χ4v) is 1.25. The molecule has 106 valence electrons. The van der Waals surface area contributed by atoms with Crippen molar-refractivity contribution < 1.29 is 37.3 Å². The molecule has 1 rings (SSSR count). The second kappa shape index (κ2) is 6.28. The molecule has 5 nitrogen and oxygen atoms in total. The van der Waals surface area contributed by atoms with E-state index in [-0.39, 0.29) is 17.1 Å². The molecule has 1 aromatic carbocycles. The Morgan fingerprint density at radius 1 is 1.37 bits per heavy atom. The van der Waals surface area contributed by atoms with Crippen LogP contribution in [0.1, 0.15) is 10.4 Å². The summed E-state index contributed by atoms with van der Waals surface area (Å²) in [5, 5.41) is 8.92. The molecule has 0 radical (unpaired) electrons. The van der Waals surface area contributed by atoms with Gasteiger partial charge in [0.1, 0.15) is 12.2 Å². The number of methoxy groups -OCH3 is 1. The van der Waals surface area contributed by atoms with Crippen molar-refractivity contribution in [3.8, 4) is 11.5 Å². The molecule has 0 heterocycles. The minimum Gasteiger partial charge on any atom is -0.493 e. The van der Waals surface area contributed by atoms with E-state index in [0.717, 1.165) is 0 Å². The summed E-state index contributed by atoms with van der Waals surface area (Å²) < 4.78 is 49.5. The van der Waals surface area contributed by atoms with Gasteiger partial charge in [0.15, 0.2) is 18.3 Å². The first kappa shape index (κ1) is 15.1. The summed E-state index contributed by atoms with van der Waals surface area (Å²) in [5.41, 5.74) is -0.227. The Morgan fingerprint density at radius 2 is 2.05 bits per heavy atom. The van der Waals surface area contributed by atoms with E-state index >= 15 is 0 Å². The number of carbonyl (C=O) groups is 1. The van der Waals surface area contributed by atoms with Crippen LogP contribution in [0.25, 0.3) is 0 Å². The second-order valence-electron chi connectivity index (χ2n) is 3.37. The Morgan fingerprint density at radius 3 is 2.58 bits per heavy atom. The van der Waals surface area contributed by atoms with Gasteiger partial charge in [-0.25, -0.2) is 4.79 Å². The van der Waals surface area contributed by atoms with Crippen LogP contribution in [0.5, 0.6) is 11.5 Å². The first-order valence-corrected chi connectivity index (χ1v) is 5.02. The summed E-state index contributed by atoms with van der Waals surface area (Å²) in [6.07, 6.45) is -4.47. The van der Waals surface area contributed by atoms with Gasteiger partial charge < -0.3 is 19.3 Å². The van der Waals surface area contributed by atoms with Crippen LogP contribution in [-0.4, -0.2) is 37.8 Å². The van der Waals surface area contributed by atoms with Crippen LogP contribution >= 0.6 is 0 Å². The molecule has 0 spiro atoms. The molecule has 8 heteroatoms. The average Bonchev–Trinajstić information content (AvgIpc) is 2.33. The molecule has 1 N–H and O–H groups in total. The molecule has 0 aliphatic heterocycles. The Bertz CT molecular complexity index is 444. The number of carboxylic acids is 1. The lowest BCUT2D eigenvalue weighted by Gasteiger charge is -2.13. The van der Waals surface area contributed by atoms with Gasteiger partial charge in [-0.15, -0.1) is 0 Å². The zero-order valence-corrected chi connectivity index (χ0v) is 9.86. The number of hydrogen-bond acceptors (Lipinski definition) is 4. The average molecular weight is 280 g/mol. The van der Waals surface area contributed by atoms with E-state index in [1.54, 1.807) is 0 Å². The maximum atomic E-state index is 11.8. The smallest absolute Gasteiger partial charge is 0.411 e. The normalized spacial score (nSPS) is 11.2. The SMILES string of the molecule is COc1cccc(C(=O)O)c1OCOCC(F)(F)F. The van der Waals surface area contributed by atoms with Gasteiger partial charge in [0, 0.05) is 0 Å². The summed E-state index contributed by atoms with van der Waals surface area (Å²) >= 11 is 0. The van der Waals surface area contributed by atoms with E-state index in [9.17, 15) is 18.0 Å². The van der Waals surface area contributed by atoms with Crippen LogP contribution in [0.4, 0.5) is 13.2 Å². The quantitative estimate of drug-likeness (QED) is 0.640. The molecular weight excluding hydrogens is 269 g/mol. The molecule has 1 aromatic rings. The molecule has 0 aliphatic carbocycles. The van der Waals surface area contributed by atoms with Crippen LogP contribution in [-0.2, 0) is 4.74 Å². The van der Waals surface area contributed by atoms with Crippen molar-refractivity contribution in [2.45, 2.75) is 6.18 Å². The number of hydrogen-bond donors (Lipinski definition) is 1. The molecule has 0 atom stereocenters. The van der Waals surface area contributed by atoms with Crippen molar-refractivity contribution in [1.82, 2.24) is 0 Å². The van der Waals surface area contributed by atoms with Crippen LogP contribution in [0.3, 0.4) is 0 Å². The highest BCUT2D eigenvalue weighted by atomic mass is 19.4. The summed E-state index contributed by atoms with van der Waals surface area (Å²) in [4.78, 5) is 10.9. The summed E-state index contributed by atoms with van der Waals surface area (Å²) in [6.45, 7) is -2.22. The molecule has 0 aromatic heterocycles. The first-order chi connectivity index (χ1) is 8.85. The summed E-state index contributed by atoms with van der Waals surface area (Å²) in [7, 11) is 1.28. The number of para-hydroxylation sites is 1. The van der Waals surface area contributed by atoms with Gasteiger partial charge in [-0.05, 0) is 12.1 Å². The Balaban J connectivity index is 2.73. The van der Waals surface area contributed by atoms with Crippen molar-refractivity contribution in [3.63, 3.8) is 0 Å². The summed E-state index contributed by atoms with van der Waals surface area (Å²) in [6, 6.07) is 4.08. The molecule has 0 aliphatic rings. The largest absolute Gasteiger partial charge is 0.493 e. The van der Waals surface area contributed by atoms with Crippen molar-refractivity contribution in [2.24, 2.45) is 0 Å². The Labute approximate surface area is 106 Å². The van der Waals surface area contributed by atoms with Gasteiger partial charge >= 0.3 is 12.1 Å². The van der Waals surface area contributed by atoms with Gasteiger partial charge in [-0.2, -0.15) is 13.2 Å². The lowest BCUT2D eigenvalue weighted by molar-refractivity contribution is -0.186. The minimum atomic E-state index is -4.47. The van der Waals surface area contributed by atoms with Gasteiger partial charge in [-0.1, -0.05) is 6.07 Å². The zero-order chi connectivity index (χ0) is 14.5. The number of alkyl halides is 3. The third kappa shape index (κ3) is 4.66. The van der Waals surface area contributed by atoms with E-state index in [2.05, 4.69) is 4.74 Å². The summed E-state index contributed by atoms with van der Waals surface area (Å²) in [5.74, 6) is -1.38. The maximum absolute atomic E-state index is 11.8. The van der Waals surface area contributed by atoms with Crippen LogP contribution in [0.15, 0.2) is 18.2 Å². The molecule has 0 saturated heterocycles. The third-order valence-corrected chi connectivity index (χ3v) is 1.98. The number of halogens is 3. The van der Waals surface area contributed by atoms with Crippen LogP contribution in [0, 0.1) is 0 Å². The van der Waals surface area contributed by atoms with Gasteiger partial charge in [0.2, 0.25) is 0 Å². The number of benzene rings is 1. The number of carboxylic acid groups (broad SMARTS) is 1. The molecule has 19 heavy (non-hydrogen) atoms. The van der Waals surface area contributed by atoms with E-state index in [1.165, 1.54) is 25.3 Å². The van der Waals surface area contributed by atoms with E-state index in [4.69, 9.17) is 14.6 Å². The fraction of sp³-hybridized carbons (Fsp3) is 0.364. The molecule has 0 bridgehead atoms. The molecule has 0 amide bonds. The van der Waals surface area contributed by atoms with Crippen molar-refractivity contribution in [1.29, 1.82) is 0 Å². The molecular formula is C11H11F3O5. The molecule has 0 saturated carbocycles. The second-order valence-corrected chi connectivity index (χ2v) is 3.37. The van der Waals surface area contributed by atoms with Gasteiger partial charge in [0.05, 0.1) is 7.11 Å². The Hall–Kier alpha value is -1.96. The highest BCUT2D eigenvalue weighted by Crippen LogP contribution is 2.31. The van der Waals surface area contributed by atoms with E-state index in [1.807, 2.05) is 0 Å². The van der Waals surface area contributed by atoms with Crippen molar-refractivity contribution in [3.05, 3.63) is 23.8 Å². The maximum Gasteiger partial charge on any atom is 0.411 e. The standard InChI is InChI=1S/C11H11F3O5/c1-17-8-4-2-3-7(10(15)16)9(8)19-6-18-5-11(12,13)14/h2-4H,5-6H2,1H3,(H,15,16). The predicted molar refractivity (Wildman–Crippen MR) is 57.5 cm³/mol. The van der Waals surface area contributed by atoms with Crippen molar-refractivity contribution in [2.75, 3.05) is 20.5 Å². The van der Waals surface area contributed by atoms with Crippen LogP contribution in [0.2, 0.25) is 0 Å². The van der Waals surface area contributed by atoms with Gasteiger partial charge in [-0.3, -0.25) is 0 Å². The lowest BCUT2D eigenvalue weighted by Crippen LogP contribution is -2.19. The highest BCUT2D eigenvalue weighted by Gasteiger charge is 2.27.